The minimum atomic E-state index is 0.486. The summed E-state index contributed by atoms with van der Waals surface area (Å²) in [5, 5.41) is 0. The van der Waals surface area contributed by atoms with E-state index >= 15 is 0 Å². The standard InChI is InChI=1S/C15H20N2O/c1-16-9-11-17(12-10-16)15-7-5-14(6-8-15)4-2-3-13-18/h2,4-8,13H,3,9-12H2,1H3. The maximum Gasteiger partial charge on any atom is 0.123 e. The largest absolute Gasteiger partial charge is 0.369 e. The first kappa shape index (κ1) is 12.8. The normalized spacial score (nSPS) is 17.3. The molecule has 1 fully saturated rings. The van der Waals surface area contributed by atoms with Gasteiger partial charge in [-0.15, -0.1) is 0 Å². The van der Waals surface area contributed by atoms with Crippen molar-refractivity contribution in [1.29, 1.82) is 0 Å². The predicted octanol–water partition coefficient (Wildman–Crippen LogP) is 2.04. The van der Waals surface area contributed by atoms with Gasteiger partial charge in [0, 0.05) is 38.3 Å². The second-order valence-corrected chi connectivity index (χ2v) is 4.69. The molecule has 1 saturated heterocycles. The molecule has 1 aromatic carbocycles. The molecule has 1 aliphatic rings. The molecule has 0 N–H and O–H groups in total. The molecule has 3 nitrogen and oxygen atoms in total. The number of rotatable bonds is 4. The van der Waals surface area contributed by atoms with E-state index in [4.69, 9.17) is 0 Å². The van der Waals surface area contributed by atoms with Gasteiger partial charge in [0.25, 0.3) is 0 Å². The third-order valence-corrected chi connectivity index (χ3v) is 3.30. The zero-order chi connectivity index (χ0) is 12.8. The van der Waals surface area contributed by atoms with E-state index in [2.05, 4.69) is 41.1 Å². The van der Waals surface area contributed by atoms with Crippen molar-refractivity contribution in [2.75, 3.05) is 38.1 Å². The predicted molar refractivity (Wildman–Crippen MR) is 75.9 cm³/mol. The first-order valence-electron chi connectivity index (χ1n) is 6.43. The van der Waals surface area contributed by atoms with Gasteiger partial charge in [0.2, 0.25) is 0 Å². The smallest absolute Gasteiger partial charge is 0.123 e. The van der Waals surface area contributed by atoms with Crippen LogP contribution in [0.1, 0.15) is 12.0 Å². The van der Waals surface area contributed by atoms with Crippen molar-refractivity contribution in [3.8, 4) is 0 Å². The summed E-state index contributed by atoms with van der Waals surface area (Å²) >= 11 is 0. The van der Waals surface area contributed by atoms with Gasteiger partial charge in [-0.05, 0) is 24.7 Å². The Labute approximate surface area is 109 Å². The van der Waals surface area contributed by atoms with E-state index in [0.29, 0.717) is 6.42 Å². The molecule has 96 valence electrons. The summed E-state index contributed by atoms with van der Waals surface area (Å²) in [7, 11) is 2.16. The number of carbonyl (C=O) groups excluding carboxylic acids is 1. The van der Waals surface area contributed by atoms with E-state index in [-0.39, 0.29) is 0 Å². The van der Waals surface area contributed by atoms with E-state index in [1.54, 1.807) is 0 Å². The Hall–Kier alpha value is -1.61. The van der Waals surface area contributed by atoms with Crippen LogP contribution in [-0.4, -0.2) is 44.4 Å². The molecule has 0 radical (unpaired) electrons. The van der Waals surface area contributed by atoms with Gasteiger partial charge in [-0.1, -0.05) is 24.3 Å². The molecule has 18 heavy (non-hydrogen) atoms. The van der Waals surface area contributed by atoms with E-state index in [1.807, 2.05) is 12.2 Å². The zero-order valence-corrected chi connectivity index (χ0v) is 10.9. The average molecular weight is 244 g/mol. The van der Waals surface area contributed by atoms with Gasteiger partial charge in [-0.2, -0.15) is 0 Å². The van der Waals surface area contributed by atoms with Crippen molar-refractivity contribution in [3.63, 3.8) is 0 Å². The molecule has 0 bridgehead atoms. The van der Waals surface area contributed by atoms with E-state index in [0.717, 1.165) is 38.0 Å². The third kappa shape index (κ3) is 3.44. The lowest BCUT2D eigenvalue weighted by Gasteiger charge is -2.34. The van der Waals surface area contributed by atoms with Crippen LogP contribution in [0, 0.1) is 0 Å². The molecule has 2 rings (SSSR count). The second kappa shape index (κ2) is 6.36. The lowest BCUT2D eigenvalue weighted by molar-refractivity contribution is -0.107. The van der Waals surface area contributed by atoms with Crippen molar-refractivity contribution in [3.05, 3.63) is 35.9 Å². The van der Waals surface area contributed by atoms with Crippen LogP contribution in [0.3, 0.4) is 0 Å². The Morgan fingerprint density at radius 2 is 1.78 bits per heavy atom. The number of likely N-dealkylation sites (N-methyl/N-ethyl adjacent to an activating group) is 1. The van der Waals surface area contributed by atoms with E-state index in [9.17, 15) is 4.79 Å². The average Bonchev–Trinajstić information content (AvgIpc) is 2.41. The van der Waals surface area contributed by atoms with Gasteiger partial charge in [0.1, 0.15) is 6.29 Å². The molecule has 0 aliphatic carbocycles. The van der Waals surface area contributed by atoms with Crippen molar-refractivity contribution < 1.29 is 4.79 Å². The van der Waals surface area contributed by atoms with Crippen LogP contribution in [0.5, 0.6) is 0 Å². The van der Waals surface area contributed by atoms with Gasteiger partial charge in [0.05, 0.1) is 0 Å². The van der Waals surface area contributed by atoms with E-state index < -0.39 is 0 Å². The summed E-state index contributed by atoms with van der Waals surface area (Å²) < 4.78 is 0. The number of anilines is 1. The minimum Gasteiger partial charge on any atom is -0.369 e. The molecule has 0 atom stereocenters. The summed E-state index contributed by atoms with van der Waals surface area (Å²) in [5.41, 5.74) is 2.44. The fraction of sp³-hybridized carbons (Fsp3) is 0.400. The second-order valence-electron chi connectivity index (χ2n) is 4.69. The first-order chi connectivity index (χ1) is 8.79. The molecular weight excluding hydrogens is 224 g/mol. The van der Waals surface area contributed by atoms with Gasteiger partial charge in [-0.3, -0.25) is 0 Å². The molecule has 0 aromatic heterocycles. The molecule has 0 saturated carbocycles. The van der Waals surface area contributed by atoms with Crippen LogP contribution in [0.15, 0.2) is 30.3 Å². The topological polar surface area (TPSA) is 23.6 Å². The summed E-state index contributed by atoms with van der Waals surface area (Å²) in [5.74, 6) is 0. The van der Waals surface area contributed by atoms with Crippen LogP contribution >= 0.6 is 0 Å². The van der Waals surface area contributed by atoms with Crippen LogP contribution < -0.4 is 4.90 Å². The molecule has 0 amide bonds. The monoisotopic (exact) mass is 244 g/mol. The molecule has 0 spiro atoms. The molecule has 1 aliphatic heterocycles. The summed E-state index contributed by atoms with van der Waals surface area (Å²) in [6.07, 6.45) is 5.27. The van der Waals surface area contributed by atoms with Crippen LogP contribution in [-0.2, 0) is 4.79 Å². The highest BCUT2D eigenvalue weighted by Gasteiger charge is 2.13. The molecule has 0 unspecified atom stereocenters. The first-order valence-corrected chi connectivity index (χ1v) is 6.43. The third-order valence-electron chi connectivity index (χ3n) is 3.30. The molecular formula is C15H20N2O. The highest BCUT2D eigenvalue weighted by Crippen LogP contribution is 2.17. The van der Waals surface area contributed by atoms with Gasteiger partial charge < -0.3 is 14.6 Å². The SMILES string of the molecule is CN1CCN(c2ccc(C=CCC=O)cc2)CC1. The van der Waals surface area contributed by atoms with Gasteiger partial charge in [0.15, 0.2) is 0 Å². The number of benzene rings is 1. The summed E-state index contributed by atoms with van der Waals surface area (Å²) in [6, 6.07) is 8.53. The van der Waals surface area contributed by atoms with Crippen LogP contribution in [0.4, 0.5) is 5.69 Å². The molecule has 1 heterocycles. The Morgan fingerprint density at radius 1 is 1.11 bits per heavy atom. The van der Waals surface area contributed by atoms with Crippen molar-refractivity contribution >= 4 is 18.0 Å². The molecule has 1 aromatic rings. The fourth-order valence-electron chi connectivity index (χ4n) is 2.12. The number of piperazine rings is 1. The number of carbonyl (C=O) groups is 1. The lowest BCUT2D eigenvalue weighted by atomic mass is 10.1. The van der Waals surface area contributed by atoms with Crippen LogP contribution in [0.2, 0.25) is 0 Å². The highest BCUT2D eigenvalue weighted by atomic mass is 16.1. The van der Waals surface area contributed by atoms with Gasteiger partial charge >= 0.3 is 0 Å². The zero-order valence-electron chi connectivity index (χ0n) is 10.9. The highest BCUT2D eigenvalue weighted by molar-refractivity contribution is 5.60. The number of hydrogen-bond donors (Lipinski definition) is 0. The Balaban J connectivity index is 1.97. The van der Waals surface area contributed by atoms with Crippen LogP contribution in [0.25, 0.3) is 6.08 Å². The Morgan fingerprint density at radius 3 is 2.39 bits per heavy atom. The van der Waals surface area contributed by atoms with Gasteiger partial charge in [-0.25, -0.2) is 0 Å². The molecule has 3 heteroatoms. The fourth-order valence-corrected chi connectivity index (χ4v) is 2.12. The summed E-state index contributed by atoms with van der Waals surface area (Å²) in [4.78, 5) is 15.0. The van der Waals surface area contributed by atoms with Crippen molar-refractivity contribution in [2.45, 2.75) is 6.42 Å². The lowest BCUT2D eigenvalue weighted by Crippen LogP contribution is -2.44. The minimum absolute atomic E-state index is 0.486. The van der Waals surface area contributed by atoms with E-state index in [1.165, 1.54) is 5.69 Å². The number of hydrogen-bond acceptors (Lipinski definition) is 3. The Kier molecular flexibility index (Phi) is 4.53. The summed E-state index contributed by atoms with van der Waals surface area (Å²) in [6.45, 7) is 4.44. The van der Waals surface area contributed by atoms with Crippen molar-refractivity contribution in [2.24, 2.45) is 0 Å². The maximum atomic E-state index is 10.2. The quantitative estimate of drug-likeness (QED) is 0.757. The van der Waals surface area contributed by atoms with Crippen molar-refractivity contribution in [1.82, 2.24) is 4.90 Å². The Bertz CT molecular complexity index is 403. The maximum absolute atomic E-state index is 10.2. The number of aldehydes is 1. The number of nitrogens with zero attached hydrogens (tertiary/aromatic N) is 2. The number of allylic oxidation sites excluding steroid dienone is 1.